The minimum Gasteiger partial charge on any atom is -0.508 e. The van der Waals surface area contributed by atoms with Crippen molar-refractivity contribution in [1.82, 2.24) is 0 Å². The summed E-state index contributed by atoms with van der Waals surface area (Å²) in [7, 11) is 0. The second kappa shape index (κ2) is 7.39. The Morgan fingerprint density at radius 1 is 1.44 bits per heavy atom. The summed E-state index contributed by atoms with van der Waals surface area (Å²) in [4.78, 5) is 14.7. The molecule has 1 rings (SSSR count). The number of benzene rings is 1. The summed E-state index contributed by atoms with van der Waals surface area (Å²) in [5.41, 5.74) is 0.764. The van der Waals surface area contributed by atoms with E-state index in [-0.39, 0.29) is 36.7 Å². The second-order valence-electron chi connectivity index (χ2n) is 3.45. The number of phenols is 2. The Morgan fingerprint density at radius 3 is 2.50 bits per heavy atom. The van der Waals surface area contributed by atoms with Crippen LogP contribution in [0.15, 0.2) is 23.2 Å². The van der Waals surface area contributed by atoms with Crippen LogP contribution in [0.2, 0.25) is 0 Å². The Kier molecular flexibility index (Phi) is 6.95. The standard InChI is InChI=1S/C11H13NO4S.Zn/c1-6(12-9(5-17)11(15)16)8-3-2-7(13)4-10(8)14;/h2-4,9,13-14,17H,5H2,1H3,(H,15,16);/b12-6-;. The van der Waals surface area contributed by atoms with Crippen LogP contribution in [0.1, 0.15) is 12.5 Å². The fourth-order valence-corrected chi connectivity index (χ4v) is 1.54. The van der Waals surface area contributed by atoms with E-state index in [9.17, 15) is 9.90 Å². The predicted molar refractivity (Wildman–Crippen MR) is 67.3 cm³/mol. The number of carboxylic acids is 1. The SMILES string of the molecule is C/C(=N/C(CS)C(=O)O)c1ccc(O)cc1O.[Zn]. The van der Waals surface area contributed by atoms with Gasteiger partial charge in [-0.25, -0.2) is 4.79 Å². The third-order valence-electron chi connectivity index (χ3n) is 2.18. The molecule has 0 aromatic heterocycles. The number of rotatable bonds is 4. The summed E-state index contributed by atoms with van der Waals surface area (Å²) in [5.74, 6) is -1.21. The Hall–Kier alpha value is -1.07. The monoisotopic (exact) mass is 319 g/mol. The summed E-state index contributed by atoms with van der Waals surface area (Å²) < 4.78 is 0. The van der Waals surface area contributed by atoms with Crippen molar-refractivity contribution in [2.45, 2.75) is 13.0 Å². The molecule has 1 atom stereocenters. The van der Waals surface area contributed by atoms with Gasteiger partial charge in [-0.2, -0.15) is 12.6 Å². The van der Waals surface area contributed by atoms with E-state index in [0.29, 0.717) is 11.3 Å². The average molecular weight is 321 g/mol. The molecule has 3 N–H and O–H groups in total. The van der Waals surface area contributed by atoms with Crippen LogP contribution in [0.25, 0.3) is 0 Å². The van der Waals surface area contributed by atoms with Crippen molar-refractivity contribution < 1.29 is 39.6 Å². The Bertz CT molecular complexity index is 464. The fraction of sp³-hybridized carbons (Fsp3) is 0.273. The first-order chi connectivity index (χ1) is 7.95. The van der Waals surface area contributed by atoms with Crippen molar-refractivity contribution >= 4 is 24.3 Å². The molecule has 1 aromatic carbocycles. The molecule has 0 aliphatic rings. The number of hydrogen-bond donors (Lipinski definition) is 4. The number of aliphatic carboxylic acids is 1. The van der Waals surface area contributed by atoms with Crippen LogP contribution in [0, 0.1) is 0 Å². The van der Waals surface area contributed by atoms with Gasteiger partial charge in [-0.15, -0.1) is 0 Å². The van der Waals surface area contributed by atoms with Crippen molar-refractivity contribution in [2.24, 2.45) is 4.99 Å². The summed E-state index contributed by atoms with van der Waals surface area (Å²) in [6, 6.07) is 3.09. The number of hydrogen-bond acceptors (Lipinski definition) is 5. The van der Waals surface area contributed by atoms with Gasteiger partial charge in [0.25, 0.3) is 0 Å². The molecule has 0 bridgehead atoms. The molecule has 18 heavy (non-hydrogen) atoms. The van der Waals surface area contributed by atoms with Crippen molar-refractivity contribution in [3.8, 4) is 11.5 Å². The largest absolute Gasteiger partial charge is 0.508 e. The molecule has 0 heterocycles. The molecule has 0 saturated carbocycles. The zero-order valence-electron chi connectivity index (χ0n) is 9.87. The number of carbonyl (C=O) groups is 1. The van der Waals surface area contributed by atoms with Crippen LogP contribution >= 0.6 is 12.6 Å². The first kappa shape index (κ1) is 16.9. The van der Waals surface area contributed by atoms with Crippen LogP contribution in [-0.4, -0.2) is 38.8 Å². The first-order valence-corrected chi connectivity index (χ1v) is 5.49. The molecule has 0 spiro atoms. The van der Waals surface area contributed by atoms with Crippen LogP contribution < -0.4 is 0 Å². The molecular weight excluding hydrogens is 308 g/mol. The molecule has 1 unspecified atom stereocenters. The average Bonchev–Trinajstić information content (AvgIpc) is 2.24. The molecule has 0 aliphatic carbocycles. The van der Waals surface area contributed by atoms with E-state index in [1.165, 1.54) is 18.2 Å². The first-order valence-electron chi connectivity index (χ1n) is 4.86. The smallest absolute Gasteiger partial charge is 0.329 e. The predicted octanol–water partition coefficient (Wildman–Crippen LogP) is 1.29. The summed E-state index contributed by atoms with van der Waals surface area (Å²) >= 11 is 3.89. The molecule has 5 nitrogen and oxygen atoms in total. The summed E-state index contributed by atoms with van der Waals surface area (Å²) in [6.45, 7) is 1.59. The number of thiol groups is 1. The number of phenolic OH excluding ortho intramolecular Hbond substituents is 2. The van der Waals surface area contributed by atoms with Gasteiger partial charge in [0.05, 0.1) is 0 Å². The van der Waals surface area contributed by atoms with Crippen LogP contribution in [0.3, 0.4) is 0 Å². The van der Waals surface area contributed by atoms with Gasteiger partial charge in [-0.3, -0.25) is 4.99 Å². The summed E-state index contributed by atoms with van der Waals surface area (Å²) in [5, 5.41) is 27.5. The van der Waals surface area contributed by atoms with E-state index >= 15 is 0 Å². The maximum absolute atomic E-state index is 10.8. The van der Waals surface area contributed by atoms with Crippen LogP contribution in [0.5, 0.6) is 11.5 Å². The van der Waals surface area contributed by atoms with E-state index in [2.05, 4.69) is 17.6 Å². The quantitative estimate of drug-likeness (QED) is 0.382. The number of carboxylic acid groups (broad SMARTS) is 1. The van der Waals surface area contributed by atoms with E-state index in [0.717, 1.165) is 0 Å². The van der Waals surface area contributed by atoms with Crippen LogP contribution in [0.4, 0.5) is 0 Å². The minimum atomic E-state index is -1.07. The third kappa shape index (κ3) is 4.31. The maximum Gasteiger partial charge on any atom is 0.329 e. The number of nitrogens with zero attached hydrogens (tertiary/aromatic N) is 1. The minimum absolute atomic E-state index is 0. The molecule has 94 valence electrons. The zero-order chi connectivity index (χ0) is 13.0. The van der Waals surface area contributed by atoms with E-state index in [1.54, 1.807) is 6.92 Å². The van der Waals surface area contributed by atoms with Gasteiger partial charge >= 0.3 is 5.97 Å². The number of aliphatic imine (C=N–C) groups is 1. The van der Waals surface area contributed by atoms with Crippen molar-refractivity contribution in [1.29, 1.82) is 0 Å². The molecule has 0 aliphatic heterocycles. The van der Waals surface area contributed by atoms with E-state index in [1.807, 2.05) is 0 Å². The maximum atomic E-state index is 10.8. The van der Waals surface area contributed by atoms with Gasteiger partial charge in [0.2, 0.25) is 0 Å². The summed E-state index contributed by atoms with van der Waals surface area (Å²) in [6.07, 6.45) is 0. The normalized spacial score (nSPS) is 12.7. The Labute approximate surface area is 123 Å². The molecule has 7 heteroatoms. The van der Waals surface area contributed by atoms with E-state index < -0.39 is 12.0 Å². The zero-order valence-corrected chi connectivity index (χ0v) is 13.7. The molecular formula is C11H13NO4SZn. The molecule has 0 radical (unpaired) electrons. The Balaban J connectivity index is 0.00000289. The third-order valence-corrected chi connectivity index (χ3v) is 2.52. The van der Waals surface area contributed by atoms with E-state index in [4.69, 9.17) is 10.2 Å². The molecule has 0 fully saturated rings. The van der Waals surface area contributed by atoms with Gasteiger partial charge in [-0.05, 0) is 19.1 Å². The van der Waals surface area contributed by atoms with Crippen molar-refractivity contribution in [3.63, 3.8) is 0 Å². The second-order valence-corrected chi connectivity index (χ2v) is 3.82. The van der Waals surface area contributed by atoms with Crippen molar-refractivity contribution in [2.75, 3.05) is 5.75 Å². The van der Waals surface area contributed by atoms with Gasteiger partial charge in [-0.1, -0.05) is 0 Å². The van der Waals surface area contributed by atoms with Gasteiger partial charge < -0.3 is 15.3 Å². The van der Waals surface area contributed by atoms with Crippen molar-refractivity contribution in [3.05, 3.63) is 23.8 Å². The van der Waals surface area contributed by atoms with Gasteiger partial charge in [0, 0.05) is 42.6 Å². The van der Waals surface area contributed by atoms with Gasteiger partial charge in [0.15, 0.2) is 6.04 Å². The fourth-order valence-electron chi connectivity index (χ4n) is 1.30. The Morgan fingerprint density at radius 2 is 2.06 bits per heavy atom. The number of aromatic hydroxyl groups is 2. The molecule has 0 saturated heterocycles. The molecule has 0 amide bonds. The van der Waals surface area contributed by atoms with Gasteiger partial charge in [0.1, 0.15) is 11.5 Å². The topological polar surface area (TPSA) is 90.1 Å². The van der Waals surface area contributed by atoms with Crippen LogP contribution in [-0.2, 0) is 24.3 Å². The molecule has 1 aromatic rings.